The molecule has 8 heteroatoms. The molecule has 3 aliphatic rings. The van der Waals surface area contributed by atoms with Gasteiger partial charge in [-0.05, 0) is 56.9 Å². The van der Waals surface area contributed by atoms with Gasteiger partial charge in [0.2, 0.25) is 5.95 Å². The summed E-state index contributed by atoms with van der Waals surface area (Å²) in [6, 6.07) is 4.53. The molecule has 2 atom stereocenters. The van der Waals surface area contributed by atoms with E-state index >= 15 is 0 Å². The number of aryl methyl sites for hydroxylation is 1. The SMILES string of the molecule is Cc1c(C#N)nc(-c2cncc(Cl)c2)c2c1nc(N1CCO[C@@H]3CCC[C@H]31)n2C[C@H]1CC[C@H](C)CC1. The number of anilines is 1. The van der Waals surface area contributed by atoms with Crippen LogP contribution in [0.4, 0.5) is 5.95 Å². The van der Waals surface area contributed by atoms with E-state index < -0.39 is 0 Å². The van der Waals surface area contributed by atoms with E-state index in [2.05, 4.69) is 27.4 Å². The van der Waals surface area contributed by atoms with Crippen LogP contribution >= 0.6 is 11.6 Å². The highest BCUT2D eigenvalue weighted by Gasteiger charge is 2.39. The fraction of sp³-hybridized carbons (Fsp3) is 0.571. The Morgan fingerprint density at radius 1 is 1.14 bits per heavy atom. The summed E-state index contributed by atoms with van der Waals surface area (Å²) in [4.78, 5) is 17.0. The molecule has 6 rings (SSSR count). The quantitative estimate of drug-likeness (QED) is 0.439. The largest absolute Gasteiger partial charge is 0.374 e. The van der Waals surface area contributed by atoms with Gasteiger partial charge in [-0.1, -0.05) is 31.4 Å². The molecular weight excluding hydrogens is 472 g/mol. The third-order valence-corrected chi connectivity index (χ3v) is 8.71. The van der Waals surface area contributed by atoms with Crippen LogP contribution in [0.5, 0.6) is 0 Å². The number of hydrogen-bond donors (Lipinski definition) is 0. The van der Waals surface area contributed by atoms with E-state index in [1.165, 1.54) is 32.1 Å². The standard InChI is InChI=1S/C28H33ClN6O/c1-17-6-8-19(9-7-17)16-35-27-25(33-28(35)34-10-11-36-24-5-3-4-23(24)34)18(2)22(13-30)32-26(27)20-12-21(29)15-31-14-20/h12,14-15,17,19,23-24H,3-11,16H2,1-2H3/t17-,19-,23-,24-/m1/s1. The normalized spacial score (nSPS) is 26.2. The third kappa shape index (κ3) is 4.14. The molecule has 0 N–H and O–H groups in total. The second-order valence-corrected chi connectivity index (χ2v) is 11.3. The molecule has 7 nitrogen and oxygen atoms in total. The predicted octanol–water partition coefficient (Wildman–Crippen LogP) is 5.91. The number of ether oxygens (including phenoxy) is 1. The van der Waals surface area contributed by atoms with E-state index in [0.29, 0.717) is 22.7 Å². The fourth-order valence-corrected chi connectivity index (χ4v) is 6.66. The van der Waals surface area contributed by atoms with Gasteiger partial charge in [-0.3, -0.25) is 4.98 Å². The van der Waals surface area contributed by atoms with Crippen LogP contribution in [0, 0.1) is 30.1 Å². The average molecular weight is 505 g/mol. The molecular formula is C28H33ClN6O. The zero-order valence-corrected chi connectivity index (χ0v) is 21.8. The minimum atomic E-state index is 0.271. The number of morpholine rings is 1. The van der Waals surface area contributed by atoms with Crippen LogP contribution in [-0.2, 0) is 11.3 Å². The summed E-state index contributed by atoms with van der Waals surface area (Å²) in [5, 5.41) is 10.5. The molecule has 0 amide bonds. The van der Waals surface area contributed by atoms with Crippen LogP contribution in [-0.4, -0.2) is 44.8 Å². The first kappa shape index (κ1) is 23.7. The van der Waals surface area contributed by atoms with Crippen molar-refractivity contribution in [2.45, 2.75) is 77.5 Å². The summed E-state index contributed by atoms with van der Waals surface area (Å²) >= 11 is 6.35. The highest BCUT2D eigenvalue weighted by atomic mass is 35.5. The van der Waals surface area contributed by atoms with Gasteiger partial charge < -0.3 is 14.2 Å². The van der Waals surface area contributed by atoms with Crippen molar-refractivity contribution in [1.82, 2.24) is 19.5 Å². The lowest BCUT2D eigenvalue weighted by Crippen LogP contribution is -2.49. The lowest BCUT2D eigenvalue weighted by Gasteiger charge is -2.39. The van der Waals surface area contributed by atoms with Crippen LogP contribution in [0.25, 0.3) is 22.3 Å². The molecule has 3 aromatic heterocycles. The average Bonchev–Trinajstić information content (AvgIpc) is 3.51. The van der Waals surface area contributed by atoms with Crippen LogP contribution in [0.15, 0.2) is 18.5 Å². The number of pyridine rings is 2. The molecule has 2 saturated carbocycles. The van der Waals surface area contributed by atoms with Gasteiger partial charge in [0.15, 0.2) is 0 Å². The summed E-state index contributed by atoms with van der Waals surface area (Å²) in [6.45, 7) is 6.79. The highest BCUT2D eigenvalue weighted by Crippen LogP contribution is 2.40. The Balaban J connectivity index is 1.57. The Morgan fingerprint density at radius 2 is 1.97 bits per heavy atom. The Kier molecular flexibility index (Phi) is 6.35. The third-order valence-electron chi connectivity index (χ3n) is 8.51. The van der Waals surface area contributed by atoms with E-state index in [4.69, 9.17) is 26.3 Å². The maximum Gasteiger partial charge on any atom is 0.207 e. The number of rotatable bonds is 4. The molecule has 0 spiro atoms. The molecule has 2 aliphatic carbocycles. The van der Waals surface area contributed by atoms with E-state index in [1.807, 2.05) is 13.0 Å². The molecule has 188 valence electrons. The van der Waals surface area contributed by atoms with Gasteiger partial charge in [-0.25, -0.2) is 9.97 Å². The van der Waals surface area contributed by atoms with Gasteiger partial charge in [0.1, 0.15) is 11.8 Å². The van der Waals surface area contributed by atoms with Gasteiger partial charge in [0.05, 0.1) is 40.5 Å². The van der Waals surface area contributed by atoms with Gasteiger partial charge in [-0.2, -0.15) is 5.26 Å². The molecule has 0 bridgehead atoms. The highest BCUT2D eigenvalue weighted by molar-refractivity contribution is 6.30. The Labute approximate surface area is 217 Å². The number of halogens is 1. The number of nitriles is 1. The maximum absolute atomic E-state index is 9.92. The fourth-order valence-electron chi connectivity index (χ4n) is 6.49. The molecule has 0 aromatic carbocycles. The second kappa shape index (κ2) is 9.64. The van der Waals surface area contributed by atoms with Crippen LogP contribution in [0.1, 0.15) is 63.1 Å². The Bertz CT molecular complexity index is 1320. The summed E-state index contributed by atoms with van der Waals surface area (Å²) < 4.78 is 8.55. The second-order valence-electron chi connectivity index (χ2n) is 10.9. The first-order chi connectivity index (χ1) is 17.5. The molecule has 3 fully saturated rings. The van der Waals surface area contributed by atoms with Crippen molar-refractivity contribution in [2.75, 3.05) is 18.1 Å². The van der Waals surface area contributed by atoms with Crippen molar-refractivity contribution in [3.8, 4) is 17.3 Å². The topological polar surface area (TPSA) is 79.9 Å². The molecule has 3 aromatic rings. The lowest BCUT2D eigenvalue weighted by atomic mass is 9.83. The monoisotopic (exact) mass is 504 g/mol. The number of nitrogens with zero attached hydrogens (tertiary/aromatic N) is 6. The van der Waals surface area contributed by atoms with Gasteiger partial charge in [-0.15, -0.1) is 0 Å². The van der Waals surface area contributed by atoms with Crippen molar-refractivity contribution in [2.24, 2.45) is 11.8 Å². The van der Waals surface area contributed by atoms with E-state index in [-0.39, 0.29) is 6.10 Å². The summed E-state index contributed by atoms with van der Waals surface area (Å²) in [7, 11) is 0. The van der Waals surface area contributed by atoms with E-state index in [1.54, 1.807) is 12.4 Å². The molecule has 1 aliphatic heterocycles. The first-order valence-electron chi connectivity index (χ1n) is 13.3. The molecule has 4 heterocycles. The summed E-state index contributed by atoms with van der Waals surface area (Å²) in [5.74, 6) is 2.40. The van der Waals surface area contributed by atoms with Gasteiger partial charge >= 0.3 is 0 Å². The summed E-state index contributed by atoms with van der Waals surface area (Å²) in [6.07, 6.45) is 12.1. The zero-order valence-electron chi connectivity index (χ0n) is 21.1. The van der Waals surface area contributed by atoms with E-state index in [9.17, 15) is 5.26 Å². The molecule has 0 unspecified atom stereocenters. The van der Waals surface area contributed by atoms with Crippen molar-refractivity contribution < 1.29 is 4.74 Å². The zero-order chi connectivity index (χ0) is 24.8. The molecule has 1 saturated heterocycles. The minimum absolute atomic E-state index is 0.271. The first-order valence-corrected chi connectivity index (χ1v) is 13.7. The summed E-state index contributed by atoms with van der Waals surface area (Å²) in [5.41, 5.74) is 4.64. The van der Waals surface area contributed by atoms with Crippen molar-refractivity contribution >= 4 is 28.6 Å². The van der Waals surface area contributed by atoms with Crippen molar-refractivity contribution in [1.29, 1.82) is 5.26 Å². The van der Waals surface area contributed by atoms with Crippen LogP contribution in [0.2, 0.25) is 5.02 Å². The Morgan fingerprint density at radius 3 is 2.75 bits per heavy atom. The number of imidazole rings is 1. The van der Waals surface area contributed by atoms with Crippen molar-refractivity contribution in [3.63, 3.8) is 0 Å². The smallest absolute Gasteiger partial charge is 0.207 e. The number of aromatic nitrogens is 4. The number of fused-ring (bicyclic) bond motifs is 2. The lowest BCUT2D eigenvalue weighted by molar-refractivity contribution is 0.0247. The van der Waals surface area contributed by atoms with E-state index in [0.717, 1.165) is 72.3 Å². The maximum atomic E-state index is 9.92. The molecule has 36 heavy (non-hydrogen) atoms. The van der Waals surface area contributed by atoms with Gasteiger partial charge in [0.25, 0.3) is 0 Å². The predicted molar refractivity (Wildman–Crippen MR) is 141 cm³/mol. The molecule has 0 radical (unpaired) electrons. The minimum Gasteiger partial charge on any atom is -0.374 e. The van der Waals surface area contributed by atoms with Crippen LogP contribution in [0.3, 0.4) is 0 Å². The van der Waals surface area contributed by atoms with Crippen molar-refractivity contribution in [3.05, 3.63) is 34.7 Å². The van der Waals surface area contributed by atoms with Gasteiger partial charge in [0, 0.05) is 36.6 Å². The number of hydrogen-bond acceptors (Lipinski definition) is 6. The van der Waals surface area contributed by atoms with Crippen LogP contribution < -0.4 is 4.90 Å². The Hall–Kier alpha value is -2.69.